The van der Waals surface area contributed by atoms with Crippen LogP contribution in [0.3, 0.4) is 0 Å². The minimum atomic E-state index is 0.323. The van der Waals surface area contributed by atoms with Crippen molar-refractivity contribution in [1.82, 2.24) is 15.0 Å². The molecule has 2 heterocycles. The molecular formula is C25H19N7. The van der Waals surface area contributed by atoms with E-state index in [2.05, 4.69) is 15.3 Å². The van der Waals surface area contributed by atoms with Crippen LogP contribution < -0.4 is 11.1 Å². The fourth-order valence-corrected chi connectivity index (χ4v) is 3.73. The number of anilines is 3. The minimum absolute atomic E-state index is 0.323. The quantitative estimate of drug-likeness (QED) is 0.445. The normalized spacial score (nSPS) is 10.8. The van der Waals surface area contributed by atoms with Crippen LogP contribution in [-0.2, 0) is 0 Å². The summed E-state index contributed by atoms with van der Waals surface area (Å²) < 4.78 is 0. The Labute approximate surface area is 185 Å². The lowest BCUT2D eigenvalue weighted by molar-refractivity contribution is 1.19. The summed E-state index contributed by atoms with van der Waals surface area (Å²) in [5.41, 5.74) is 12.6. The molecule has 32 heavy (non-hydrogen) atoms. The summed E-state index contributed by atoms with van der Waals surface area (Å²) in [6.07, 6.45) is 4.74. The van der Waals surface area contributed by atoms with Gasteiger partial charge in [0.2, 0.25) is 5.95 Å². The second-order valence-electron chi connectivity index (χ2n) is 7.30. The Morgan fingerprint density at radius 1 is 1.03 bits per heavy atom. The first-order valence-electron chi connectivity index (χ1n) is 9.87. The lowest BCUT2D eigenvalue weighted by atomic mass is 9.92. The number of rotatable bonds is 4. The van der Waals surface area contributed by atoms with Gasteiger partial charge in [0, 0.05) is 23.2 Å². The predicted octanol–water partition coefficient (Wildman–Crippen LogP) is 5.04. The molecular weight excluding hydrogens is 398 g/mol. The Bertz CT molecular complexity index is 1420. The number of para-hydroxylation sites is 1. The van der Waals surface area contributed by atoms with E-state index in [0.29, 0.717) is 23.1 Å². The van der Waals surface area contributed by atoms with Crippen LogP contribution in [0.15, 0.2) is 54.7 Å². The van der Waals surface area contributed by atoms with Crippen LogP contribution >= 0.6 is 0 Å². The zero-order chi connectivity index (χ0) is 22.7. The van der Waals surface area contributed by atoms with Crippen molar-refractivity contribution < 1.29 is 0 Å². The molecule has 0 saturated carbocycles. The van der Waals surface area contributed by atoms with Gasteiger partial charge in [-0.05, 0) is 60.4 Å². The highest BCUT2D eigenvalue weighted by molar-refractivity contribution is 6.00. The smallest absolute Gasteiger partial charge is 0.230 e. The molecule has 0 radical (unpaired) electrons. The van der Waals surface area contributed by atoms with E-state index in [1.54, 1.807) is 18.2 Å². The summed E-state index contributed by atoms with van der Waals surface area (Å²) in [6.45, 7) is 4.07. The molecule has 0 aliphatic carbocycles. The monoisotopic (exact) mass is 417 g/mol. The summed E-state index contributed by atoms with van der Waals surface area (Å²) in [5, 5.41) is 21.6. The van der Waals surface area contributed by atoms with Gasteiger partial charge < -0.3 is 11.1 Å². The van der Waals surface area contributed by atoms with E-state index in [0.717, 1.165) is 38.7 Å². The molecule has 4 aromatic rings. The maximum atomic E-state index is 8.95. The Morgan fingerprint density at radius 2 is 1.81 bits per heavy atom. The number of hydrogen-bond acceptors (Lipinski definition) is 7. The number of nitrogens with one attached hydrogen (secondary N) is 1. The van der Waals surface area contributed by atoms with Gasteiger partial charge in [-0.2, -0.15) is 15.5 Å². The van der Waals surface area contributed by atoms with Crippen LogP contribution in [-0.4, -0.2) is 15.0 Å². The summed E-state index contributed by atoms with van der Waals surface area (Å²) in [5.74, 6) is 1.20. The number of hydrogen-bond donors (Lipinski definition) is 2. The first kappa shape index (κ1) is 20.5. The number of benzene rings is 2. The van der Waals surface area contributed by atoms with Gasteiger partial charge in [-0.15, -0.1) is 0 Å². The van der Waals surface area contributed by atoms with Crippen LogP contribution in [0.25, 0.3) is 28.1 Å². The Kier molecular flexibility index (Phi) is 5.48. The van der Waals surface area contributed by atoms with Crippen molar-refractivity contribution in [3.05, 3.63) is 77.0 Å². The fraction of sp³-hybridized carbons (Fsp3) is 0.0800. The zero-order valence-electron chi connectivity index (χ0n) is 17.6. The van der Waals surface area contributed by atoms with E-state index in [9.17, 15) is 0 Å². The van der Waals surface area contributed by atoms with Crippen molar-refractivity contribution in [2.24, 2.45) is 0 Å². The van der Waals surface area contributed by atoms with Gasteiger partial charge in [0.05, 0.1) is 17.1 Å². The third kappa shape index (κ3) is 3.96. The van der Waals surface area contributed by atoms with Crippen molar-refractivity contribution in [1.29, 1.82) is 10.5 Å². The van der Waals surface area contributed by atoms with E-state index in [-0.39, 0.29) is 0 Å². The molecule has 0 spiro atoms. The molecule has 0 aliphatic heterocycles. The lowest BCUT2D eigenvalue weighted by Crippen LogP contribution is -2.04. The van der Waals surface area contributed by atoms with Crippen molar-refractivity contribution >= 4 is 34.6 Å². The number of fused-ring (bicyclic) bond motifs is 1. The number of nitrogen functional groups attached to an aromatic ring is 1. The number of nitriles is 2. The van der Waals surface area contributed by atoms with Gasteiger partial charge in [0.15, 0.2) is 0 Å². The average molecular weight is 417 g/mol. The van der Waals surface area contributed by atoms with Crippen LogP contribution in [0, 0.1) is 36.5 Å². The van der Waals surface area contributed by atoms with E-state index >= 15 is 0 Å². The molecule has 0 atom stereocenters. The Hall–Kier alpha value is -4.75. The molecule has 0 unspecified atom stereocenters. The predicted molar refractivity (Wildman–Crippen MR) is 126 cm³/mol. The second kappa shape index (κ2) is 8.55. The average Bonchev–Trinajstić information content (AvgIpc) is 2.78. The van der Waals surface area contributed by atoms with Gasteiger partial charge in [-0.3, -0.25) is 0 Å². The Morgan fingerprint density at radius 3 is 2.47 bits per heavy atom. The maximum Gasteiger partial charge on any atom is 0.230 e. The topological polar surface area (TPSA) is 124 Å². The van der Waals surface area contributed by atoms with Gasteiger partial charge in [0.25, 0.3) is 0 Å². The number of aryl methyl sites for hydroxylation is 2. The molecule has 3 N–H and O–H groups in total. The highest BCUT2D eigenvalue weighted by Gasteiger charge is 2.15. The molecule has 0 amide bonds. The first-order chi connectivity index (χ1) is 15.5. The van der Waals surface area contributed by atoms with Crippen molar-refractivity contribution in [3.63, 3.8) is 0 Å². The molecule has 0 aliphatic rings. The third-order valence-electron chi connectivity index (χ3n) is 5.06. The number of nitrogens with zero attached hydrogens (tertiary/aromatic N) is 5. The summed E-state index contributed by atoms with van der Waals surface area (Å²) in [4.78, 5) is 13.3. The van der Waals surface area contributed by atoms with Crippen LogP contribution in [0.4, 0.5) is 17.6 Å². The lowest BCUT2D eigenvalue weighted by Gasteiger charge is -2.15. The van der Waals surface area contributed by atoms with Gasteiger partial charge in [0.1, 0.15) is 17.7 Å². The molecule has 7 heteroatoms. The number of aromatic nitrogens is 3. The third-order valence-corrected chi connectivity index (χ3v) is 5.06. The number of allylic oxidation sites excluding steroid dienone is 1. The highest BCUT2D eigenvalue weighted by Crippen LogP contribution is 2.35. The minimum Gasteiger partial charge on any atom is -0.383 e. The summed E-state index contributed by atoms with van der Waals surface area (Å²) >= 11 is 0. The molecule has 0 bridgehead atoms. The second-order valence-corrected chi connectivity index (χ2v) is 7.30. The maximum absolute atomic E-state index is 8.95. The standard InChI is InChI=1S/C25H19N7/c1-15-11-17(5-4-10-26)12-16(2)22(15)19-6-3-7-20-23(19)31-25(32-24(20)28)30-21-9-8-18(13-27)14-29-21/h3-9,11-12,14H,1-2H3,(H3,28,29,30,31,32). The molecule has 0 saturated heterocycles. The number of pyridine rings is 1. The van der Waals surface area contributed by atoms with Crippen LogP contribution in [0.5, 0.6) is 0 Å². The van der Waals surface area contributed by atoms with Gasteiger partial charge in [-0.1, -0.05) is 24.3 Å². The van der Waals surface area contributed by atoms with E-state index in [1.165, 1.54) is 12.3 Å². The van der Waals surface area contributed by atoms with Gasteiger partial charge >= 0.3 is 0 Å². The molecule has 2 aromatic carbocycles. The van der Waals surface area contributed by atoms with Crippen LogP contribution in [0.1, 0.15) is 22.3 Å². The molecule has 4 rings (SSSR count). The molecule has 7 nitrogen and oxygen atoms in total. The first-order valence-corrected chi connectivity index (χ1v) is 9.87. The fourth-order valence-electron chi connectivity index (χ4n) is 3.73. The summed E-state index contributed by atoms with van der Waals surface area (Å²) in [6, 6.07) is 17.4. The van der Waals surface area contributed by atoms with Crippen molar-refractivity contribution in [3.8, 4) is 23.3 Å². The molecule has 0 fully saturated rings. The van der Waals surface area contributed by atoms with Crippen LogP contribution in [0.2, 0.25) is 0 Å². The highest BCUT2D eigenvalue weighted by atomic mass is 15.2. The van der Waals surface area contributed by atoms with Crippen molar-refractivity contribution in [2.75, 3.05) is 11.1 Å². The zero-order valence-corrected chi connectivity index (χ0v) is 17.6. The SMILES string of the molecule is Cc1cc(C=CC#N)cc(C)c1-c1cccc2c(N)nc(Nc3ccc(C#N)cn3)nc12. The molecule has 154 valence electrons. The Balaban J connectivity index is 1.83. The summed E-state index contributed by atoms with van der Waals surface area (Å²) in [7, 11) is 0. The van der Waals surface area contributed by atoms with Crippen molar-refractivity contribution in [2.45, 2.75) is 13.8 Å². The van der Waals surface area contributed by atoms with E-state index in [4.69, 9.17) is 21.2 Å². The largest absolute Gasteiger partial charge is 0.383 e. The molecule has 2 aromatic heterocycles. The van der Waals surface area contributed by atoms with Gasteiger partial charge in [-0.25, -0.2) is 9.97 Å². The van der Waals surface area contributed by atoms with E-state index < -0.39 is 0 Å². The number of nitrogens with two attached hydrogens (primary N) is 1. The van der Waals surface area contributed by atoms with E-state index in [1.807, 2.05) is 56.3 Å².